The third kappa shape index (κ3) is 3.19. The van der Waals surface area contributed by atoms with Gasteiger partial charge in [0.2, 0.25) is 5.91 Å². The van der Waals surface area contributed by atoms with Gasteiger partial charge in [0.15, 0.2) is 5.78 Å². The predicted molar refractivity (Wildman–Crippen MR) is 135 cm³/mol. The molecule has 0 radical (unpaired) electrons. The Morgan fingerprint density at radius 3 is 2.80 bits per heavy atom. The number of aliphatic hydroxyl groups is 1. The maximum Gasteiger partial charge on any atom is 0.237 e. The lowest BCUT2D eigenvalue weighted by atomic mass is 9.56. The summed E-state index contributed by atoms with van der Waals surface area (Å²) >= 11 is 6.01. The van der Waals surface area contributed by atoms with Crippen molar-refractivity contribution in [2.45, 2.75) is 96.5 Å². The maximum atomic E-state index is 14.3. The quantitative estimate of drug-likeness (QED) is 0.419. The fraction of sp³-hybridized carbons (Fsp3) is 0.793. The fourth-order valence-electron chi connectivity index (χ4n) is 9.52. The molecule has 2 heterocycles. The highest BCUT2D eigenvalue weighted by Crippen LogP contribution is 2.64. The van der Waals surface area contributed by atoms with Gasteiger partial charge in [-0.25, -0.2) is 0 Å². The van der Waals surface area contributed by atoms with E-state index in [9.17, 15) is 14.7 Å². The van der Waals surface area contributed by atoms with Crippen molar-refractivity contribution in [1.29, 1.82) is 0 Å². The molecular weight excluding hydrogens is 462 g/mol. The number of halogens is 1. The Balaban J connectivity index is 1.38. The first-order valence-electron chi connectivity index (χ1n) is 13.8. The SMILES string of the molecule is CC1=C2C(=O)[C@H]3[C@@H](CC=C4C[C@@H](O)CC[C@@]43C)[C@@H]2CC[C@]12O[C@@H]1C[C@H](C)CN(C(=O)CCl)[C@H]1[C@H]2C. The molecule has 0 aromatic rings. The van der Waals surface area contributed by atoms with Crippen molar-refractivity contribution in [2.75, 3.05) is 12.4 Å². The molecule has 192 valence electrons. The van der Waals surface area contributed by atoms with Gasteiger partial charge in [0.1, 0.15) is 5.88 Å². The van der Waals surface area contributed by atoms with Crippen LogP contribution < -0.4 is 0 Å². The zero-order valence-corrected chi connectivity index (χ0v) is 22.3. The van der Waals surface area contributed by atoms with Crippen molar-refractivity contribution in [3.8, 4) is 0 Å². The number of ether oxygens (including phenoxy) is 1. The Kier molecular flexibility index (Phi) is 5.64. The Labute approximate surface area is 214 Å². The molecule has 5 nitrogen and oxygen atoms in total. The molecule has 2 aliphatic heterocycles. The van der Waals surface area contributed by atoms with Gasteiger partial charge in [-0.15, -0.1) is 11.6 Å². The van der Waals surface area contributed by atoms with Crippen molar-refractivity contribution in [3.63, 3.8) is 0 Å². The molecule has 4 fully saturated rings. The number of hydrogen-bond donors (Lipinski definition) is 1. The molecule has 2 saturated heterocycles. The molecule has 6 rings (SSSR count). The zero-order valence-electron chi connectivity index (χ0n) is 21.6. The highest BCUT2D eigenvalue weighted by molar-refractivity contribution is 6.27. The van der Waals surface area contributed by atoms with Crippen LogP contribution in [-0.2, 0) is 14.3 Å². The zero-order chi connectivity index (χ0) is 24.9. The van der Waals surface area contributed by atoms with Gasteiger partial charge in [-0.2, -0.15) is 0 Å². The van der Waals surface area contributed by atoms with Gasteiger partial charge < -0.3 is 14.7 Å². The van der Waals surface area contributed by atoms with E-state index in [0.29, 0.717) is 30.0 Å². The Hall–Kier alpha value is -1.17. The van der Waals surface area contributed by atoms with Crippen molar-refractivity contribution >= 4 is 23.3 Å². The van der Waals surface area contributed by atoms with Gasteiger partial charge >= 0.3 is 0 Å². The number of allylic oxidation sites excluding steroid dienone is 2. The number of ketones is 1. The number of rotatable bonds is 1. The predicted octanol–water partition coefficient (Wildman–Crippen LogP) is 4.66. The second kappa shape index (κ2) is 8.16. The summed E-state index contributed by atoms with van der Waals surface area (Å²) in [7, 11) is 0. The van der Waals surface area contributed by atoms with E-state index in [2.05, 4.69) is 33.8 Å². The van der Waals surface area contributed by atoms with Gasteiger partial charge in [-0.3, -0.25) is 9.59 Å². The van der Waals surface area contributed by atoms with Crippen LogP contribution in [0.1, 0.15) is 72.6 Å². The number of alkyl halides is 1. The molecule has 2 saturated carbocycles. The van der Waals surface area contributed by atoms with Crippen LogP contribution in [0.4, 0.5) is 0 Å². The normalized spacial score (nSPS) is 48.9. The first-order valence-corrected chi connectivity index (χ1v) is 14.3. The fourth-order valence-corrected chi connectivity index (χ4v) is 9.67. The number of aliphatic hydroxyl groups excluding tert-OH is 1. The second-order valence-electron chi connectivity index (χ2n) is 12.8. The third-order valence-electron chi connectivity index (χ3n) is 11.2. The maximum absolute atomic E-state index is 14.3. The number of likely N-dealkylation sites (tertiary alicyclic amines) is 1. The van der Waals surface area contributed by atoms with E-state index in [1.54, 1.807) is 0 Å². The Morgan fingerprint density at radius 2 is 2.06 bits per heavy atom. The van der Waals surface area contributed by atoms with Crippen LogP contribution in [0.15, 0.2) is 22.8 Å². The lowest BCUT2D eigenvalue weighted by molar-refractivity contribution is -0.136. The number of carbonyl (C=O) groups excluding carboxylic acids is 2. The molecule has 1 N–H and O–H groups in total. The molecule has 10 atom stereocenters. The third-order valence-corrected chi connectivity index (χ3v) is 11.4. The van der Waals surface area contributed by atoms with Gasteiger partial charge in [-0.05, 0) is 80.6 Å². The highest BCUT2D eigenvalue weighted by Gasteiger charge is 2.64. The number of piperidine rings is 1. The minimum atomic E-state index is -0.473. The molecule has 0 unspecified atom stereocenters. The van der Waals surface area contributed by atoms with E-state index in [1.165, 1.54) is 5.57 Å². The van der Waals surface area contributed by atoms with Gasteiger partial charge in [0, 0.05) is 24.0 Å². The average molecular weight is 502 g/mol. The van der Waals surface area contributed by atoms with Crippen molar-refractivity contribution in [1.82, 2.24) is 4.90 Å². The number of carbonyl (C=O) groups is 2. The lowest BCUT2D eigenvalue weighted by Gasteiger charge is -2.48. The minimum Gasteiger partial charge on any atom is -0.393 e. The number of nitrogens with zero attached hydrogens (tertiary/aromatic N) is 1. The average Bonchev–Trinajstić information content (AvgIpc) is 3.28. The lowest BCUT2D eigenvalue weighted by Crippen LogP contribution is -2.55. The summed E-state index contributed by atoms with van der Waals surface area (Å²) in [5.41, 5.74) is 2.88. The van der Waals surface area contributed by atoms with Crippen LogP contribution in [0, 0.1) is 35.0 Å². The summed E-state index contributed by atoms with van der Waals surface area (Å²) in [4.78, 5) is 29.1. The van der Waals surface area contributed by atoms with Gasteiger partial charge in [0.25, 0.3) is 0 Å². The Morgan fingerprint density at radius 1 is 1.29 bits per heavy atom. The van der Waals surface area contributed by atoms with Crippen molar-refractivity contribution in [3.05, 3.63) is 22.8 Å². The number of hydrogen-bond acceptors (Lipinski definition) is 4. The summed E-state index contributed by atoms with van der Waals surface area (Å²) in [5.74, 6) is 1.53. The summed E-state index contributed by atoms with van der Waals surface area (Å²) in [6.07, 6.45) is 8.26. The summed E-state index contributed by atoms with van der Waals surface area (Å²) in [5, 5.41) is 10.3. The van der Waals surface area contributed by atoms with E-state index >= 15 is 0 Å². The molecule has 6 heteroatoms. The summed E-state index contributed by atoms with van der Waals surface area (Å²) < 4.78 is 6.98. The molecule has 1 spiro atoms. The van der Waals surface area contributed by atoms with Crippen molar-refractivity contribution in [2.24, 2.45) is 35.0 Å². The minimum absolute atomic E-state index is 0.00225. The number of fused-ring (bicyclic) bond motifs is 6. The van der Waals surface area contributed by atoms with Crippen LogP contribution >= 0.6 is 11.6 Å². The molecule has 0 bridgehead atoms. The highest BCUT2D eigenvalue weighted by atomic mass is 35.5. The molecule has 35 heavy (non-hydrogen) atoms. The van der Waals surface area contributed by atoms with E-state index < -0.39 is 5.60 Å². The molecule has 1 amide bonds. The molecule has 6 aliphatic rings. The molecule has 0 aromatic heterocycles. The van der Waals surface area contributed by atoms with Gasteiger partial charge in [-0.1, -0.05) is 32.4 Å². The standard InChI is InChI=1S/C29H40ClNO4/c1-15-11-22-26(31(14-15)23(33)13-30)17(3)29(35-22)10-8-20-21-6-5-18-12-19(32)7-9-28(18,4)25(21)27(34)24(20)16(29)2/h5,15,17,19-22,25-26,32H,6-14H2,1-4H3/t15-,17+,19-,20-,21-,22+,25+,26-,28-,29-/m0/s1. The van der Waals surface area contributed by atoms with Crippen LogP contribution in [0.2, 0.25) is 0 Å². The van der Waals surface area contributed by atoms with Gasteiger partial charge in [0.05, 0.1) is 23.9 Å². The first kappa shape index (κ1) is 24.2. The number of Topliss-reactive ketones (excluding diaryl/α,β-unsaturated/α-hetero) is 1. The largest absolute Gasteiger partial charge is 0.393 e. The second-order valence-corrected chi connectivity index (χ2v) is 13.1. The topological polar surface area (TPSA) is 66.8 Å². The van der Waals surface area contributed by atoms with Crippen LogP contribution in [-0.4, -0.2) is 58.0 Å². The molecule has 0 aromatic carbocycles. The van der Waals surface area contributed by atoms with E-state index in [1.807, 2.05) is 4.90 Å². The monoisotopic (exact) mass is 501 g/mol. The Bertz CT molecular complexity index is 1020. The number of amides is 1. The van der Waals surface area contributed by atoms with Crippen molar-refractivity contribution < 1.29 is 19.4 Å². The van der Waals surface area contributed by atoms with E-state index in [4.69, 9.17) is 16.3 Å². The first-order chi connectivity index (χ1) is 16.6. The summed E-state index contributed by atoms with van der Waals surface area (Å²) in [6, 6.07) is 0.0222. The van der Waals surface area contributed by atoms with E-state index in [0.717, 1.165) is 56.2 Å². The van der Waals surface area contributed by atoms with Crippen LogP contribution in [0.3, 0.4) is 0 Å². The van der Waals surface area contributed by atoms with E-state index in [-0.39, 0.29) is 47.3 Å². The molecular formula is C29H40ClNO4. The van der Waals surface area contributed by atoms with Crippen LogP contribution in [0.25, 0.3) is 0 Å². The smallest absolute Gasteiger partial charge is 0.237 e. The summed E-state index contributed by atoms with van der Waals surface area (Å²) in [6.45, 7) is 9.58. The molecule has 4 aliphatic carbocycles. The van der Waals surface area contributed by atoms with Crippen LogP contribution in [0.5, 0.6) is 0 Å².